The van der Waals surface area contributed by atoms with E-state index in [-0.39, 0.29) is 24.4 Å². The molecule has 5 rings (SSSR count). The van der Waals surface area contributed by atoms with Crippen molar-refractivity contribution in [3.63, 3.8) is 0 Å². The molecule has 1 fully saturated rings. The number of amidine groups is 1. The van der Waals surface area contributed by atoms with Gasteiger partial charge in [0, 0.05) is 25.6 Å². The van der Waals surface area contributed by atoms with Crippen LogP contribution in [-0.4, -0.2) is 62.1 Å². The lowest BCUT2D eigenvalue weighted by molar-refractivity contribution is -0.134. The van der Waals surface area contributed by atoms with E-state index in [2.05, 4.69) is 58.7 Å². The number of nitrogens with one attached hydrogen (secondary N) is 1. The maximum Gasteiger partial charge on any atom is 0.234 e. The van der Waals surface area contributed by atoms with Gasteiger partial charge in [0.15, 0.2) is 5.66 Å². The molecule has 2 unspecified atom stereocenters. The van der Waals surface area contributed by atoms with Gasteiger partial charge in [-0.15, -0.1) is 11.3 Å². The molecule has 38 heavy (non-hydrogen) atoms. The Morgan fingerprint density at radius 2 is 2.03 bits per heavy atom. The summed E-state index contributed by atoms with van der Waals surface area (Å²) in [6.07, 6.45) is -0.198. The molecule has 4 heterocycles. The molecule has 0 saturated carbocycles. The van der Waals surface area contributed by atoms with Crippen LogP contribution in [0.5, 0.6) is 0 Å². The van der Waals surface area contributed by atoms with Crippen LogP contribution in [0.25, 0.3) is 10.4 Å². The van der Waals surface area contributed by atoms with Gasteiger partial charge in [-0.05, 0) is 37.8 Å². The summed E-state index contributed by atoms with van der Waals surface area (Å²) < 4.78 is 5.51. The van der Waals surface area contributed by atoms with Gasteiger partial charge in [0.05, 0.1) is 33.9 Å². The fourth-order valence-electron chi connectivity index (χ4n) is 5.60. The van der Waals surface area contributed by atoms with Crippen LogP contribution in [0.3, 0.4) is 0 Å². The number of rotatable bonds is 7. The Morgan fingerprint density at radius 1 is 1.29 bits per heavy atom. The molecule has 1 amide bonds. The number of amides is 1. The Bertz CT molecular complexity index is 1330. The van der Waals surface area contributed by atoms with Gasteiger partial charge in [0.25, 0.3) is 0 Å². The zero-order chi connectivity index (χ0) is 27.2. The molecule has 3 aromatic rings. The minimum atomic E-state index is -0.660. The third kappa shape index (κ3) is 4.65. The molecule has 2 N–H and O–H groups in total. The molecule has 2 aliphatic rings. The Balaban J connectivity index is 1.45. The second kappa shape index (κ2) is 10.2. The van der Waals surface area contributed by atoms with Crippen molar-refractivity contribution in [3.8, 4) is 10.4 Å². The quantitative estimate of drug-likeness (QED) is 0.465. The molecule has 1 saturated heterocycles. The van der Waals surface area contributed by atoms with Gasteiger partial charge in [-0.3, -0.25) is 4.79 Å². The molecular formula is C28H36N6O3S. The Kier molecular flexibility index (Phi) is 7.15. The van der Waals surface area contributed by atoms with E-state index in [0.29, 0.717) is 24.6 Å². The lowest BCUT2D eigenvalue weighted by Crippen LogP contribution is -2.51. The number of aromatic nitrogens is 2. The lowest BCUT2D eigenvalue weighted by atomic mass is 9.91. The van der Waals surface area contributed by atoms with Crippen molar-refractivity contribution in [2.45, 2.75) is 71.7 Å². The van der Waals surface area contributed by atoms with Gasteiger partial charge < -0.3 is 20.0 Å². The number of thiazole rings is 1. The highest BCUT2D eigenvalue weighted by Gasteiger charge is 2.47. The second-order valence-corrected chi connectivity index (χ2v) is 11.6. The SMILES string of the molecule is CCN1NC(C2C[C@@H](O)CN2C(=O)[C@@H](c2cc(C)no2)C(C)C)=NC1(C)c1ccc(-c2scnc2C)cc1. The average Bonchev–Trinajstić information content (AvgIpc) is 3.66. The van der Waals surface area contributed by atoms with Crippen LogP contribution in [0.4, 0.5) is 0 Å². The predicted octanol–water partition coefficient (Wildman–Crippen LogP) is 4.23. The summed E-state index contributed by atoms with van der Waals surface area (Å²) in [4.78, 5) is 26.4. The number of carbonyl (C=O) groups is 1. The third-order valence-electron chi connectivity index (χ3n) is 7.63. The van der Waals surface area contributed by atoms with Crippen LogP contribution in [0.2, 0.25) is 0 Å². The van der Waals surface area contributed by atoms with Crippen molar-refractivity contribution in [1.82, 2.24) is 25.5 Å². The summed E-state index contributed by atoms with van der Waals surface area (Å²) in [5.41, 5.74) is 8.62. The minimum absolute atomic E-state index is 0.00446. The Morgan fingerprint density at radius 3 is 2.61 bits per heavy atom. The molecule has 202 valence electrons. The van der Waals surface area contributed by atoms with Crippen LogP contribution >= 0.6 is 11.3 Å². The minimum Gasteiger partial charge on any atom is -0.391 e. The monoisotopic (exact) mass is 536 g/mol. The number of hydrogen-bond donors (Lipinski definition) is 2. The molecule has 4 atom stereocenters. The molecule has 0 radical (unpaired) electrons. The molecule has 0 spiro atoms. The van der Waals surface area contributed by atoms with E-state index < -0.39 is 17.7 Å². The van der Waals surface area contributed by atoms with Crippen LogP contribution in [0.15, 0.2) is 45.4 Å². The van der Waals surface area contributed by atoms with Gasteiger partial charge in [-0.1, -0.05) is 50.2 Å². The maximum absolute atomic E-state index is 13.9. The first-order valence-electron chi connectivity index (χ1n) is 13.2. The molecule has 9 nitrogen and oxygen atoms in total. The standard InChI is InChI=1S/C28H36N6O3S/c1-7-34-28(6,20-10-8-19(9-11-20)25-18(5)29-15-38-25)30-26(31-34)22-13-21(35)14-33(22)27(36)24(16(2)3)23-12-17(4)32-37-23/h8-12,15-16,21-22,24,35H,7,13-14H2,1-6H3,(H,30,31)/t21-,22?,24-,28?/m1/s1. The summed E-state index contributed by atoms with van der Waals surface area (Å²) >= 11 is 1.64. The van der Waals surface area contributed by atoms with Crippen molar-refractivity contribution >= 4 is 23.1 Å². The average molecular weight is 537 g/mol. The number of carbonyl (C=O) groups excluding carboxylic acids is 1. The zero-order valence-electron chi connectivity index (χ0n) is 22.8. The van der Waals surface area contributed by atoms with Crippen LogP contribution in [0.1, 0.15) is 62.7 Å². The van der Waals surface area contributed by atoms with E-state index in [9.17, 15) is 9.90 Å². The molecule has 2 aromatic heterocycles. The third-order valence-corrected chi connectivity index (χ3v) is 8.61. The van der Waals surface area contributed by atoms with E-state index in [4.69, 9.17) is 9.52 Å². The number of hydrogen-bond acceptors (Lipinski definition) is 9. The fourth-order valence-corrected chi connectivity index (χ4v) is 6.41. The number of aliphatic hydroxyl groups is 1. The van der Waals surface area contributed by atoms with Crippen LogP contribution < -0.4 is 5.43 Å². The lowest BCUT2D eigenvalue weighted by Gasteiger charge is -2.32. The van der Waals surface area contributed by atoms with Crippen molar-refractivity contribution < 1.29 is 14.4 Å². The maximum atomic E-state index is 13.9. The van der Waals surface area contributed by atoms with Gasteiger partial charge in [-0.2, -0.15) is 5.01 Å². The molecule has 10 heteroatoms. The van der Waals surface area contributed by atoms with Gasteiger partial charge in [0.2, 0.25) is 5.91 Å². The normalized spacial score (nSPS) is 24.6. The first kappa shape index (κ1) is 26.5. The molecule has 1 aromatic carbocycles. The molecular weight excluding hydrogens is 500 g/mol. The summed E-state index contributed by atoms with van der Waals surface area (Å²) in [6.45, 7) is 13.0. The van der Waals surface area contributed by atoms with Gasteiger partial charge >= 0.3 is 0 Å². The smallest absolute Gasteiger partial charge is 0.234 e. The largest absolute Gasteiger partial charge is 0.391 e. The first-order chi connectivity index (χ1) is 18.1. The van der Waals surface area contributed by atoms with E-state index in [1.807, 2.05) is 39.3 Å². The number of aliphatic imine (C=N–C) groups is 1. The summed E-state index contributed by atoms with van der Waals surface area (Å²) in [7, 11) is 0. The Hall–Kier alpha value is -3.08. The van der Waals surface area contributed by atoms with Crippen molar-refractivity contribution in [2.75, 3.05) is 13.1 Å². The van der Waals surface area contributed by atoms with E-state index in [1.54, 1.807) is 16.2 Å². The van der Waals surface area contributed by atoms with Crippen LogP contribution in [0, 0.1) is 19.8 Å². The van der Waals surface area contributed by atoms with Crippen molar-refractivity contribution in [3.05, 3.63) is 58.6 Å². The zero-order valence-corrected chi connectivity index (χ0v) is 23.6. The highest BCUT2D eigenvalue weighted by Crippen LogP contribution is 2.37. The van der Waals surface area contributed by atoms with Crippen molar-refractivity contribution in [1.29, 1.82) is 0 Å². The van der Waals surface area contributed by atoms with E-state index >= 15 is 0 Å². The summed E-state index contributed by atoms with van der Waals surface area (Å²) in [5, 5.41) is 16.7. The number of likely N-dealkylation sites (tertiary alicyclic amines) is 1. The first-order valence-corrected chi connectivity index (χ1v) is 14.1. The highest BCUT2D eigenvalue weighted by molar-refractivity contribution is 7.13. The van der Waals surface area contributed by atoms with Gasteiger partial charge in [-0.25, -0.2) is 9.98 Å². The summed E-state index contributed by atoms with van der Waals surface area (Å²) in [5.74, 6) is 0.688. The number of aryl methyl sites for hydroxylation is 2. The Labute approximate surface area is 227 Å². The predicted molar refractivity (Wildman–Crippen MR) is 148 cm³/mol. The second-order valence-electron chi connectivity index (χ2n) is 10.7. The molecule has 0 bridgehead atoms. The molecule has 0 aliphatic carbocycles. The molecule has 2 aliphatic heterocycles. The van der Waals surface area contributed by atoms with E-state index in [0.717, 1.165) is 22.5 Å². The fraction of sp³-hybridized carbons (Fsp3) is 0.500. The summed E-state index contributed by atoms with van der Waals surface area (Å²) in [6, 6.07) is 9.91. The number of β-amino-alcohol motifs (C(OH)–C–C–N with tert-alkyl or cyclic N) is 1. The van der Waals surface area contributed by atoms with Crippen molar-refractivity contribution in [2.24, 2.45) is 10.9 Å². The van der Waals surface area contributed by atoms with Gasteiger partial charge in [0.1, 0.15) is 17.5 Å². The number of benzene rings is 1. The van der Waals surface area contributed by atoms with Crippen LogP contribution in [-0.2, 0) is 10.5 Å². The number of nitrogens with zero attached hydrogens (tertiary/aromatic N) is 5. The highest BCUT2D eigenvalue weighted by atomic mass is 32.1. The number of aliphatic hydroxyl groups excluding tert-OH is 1. The topological polar surface area (TPSA) is 107 Å². The number of hydrazine groups is 1. The van der Waals surface area contributed by atoms with E-state index in [1.165, 1.54) is 4.88 Å².